The van der Waals surface area contributed by atoms with E-state index in [1.54, 1.807) is 25.1 Å². The fourth-order valence-corrected chi connectivity index (χ4v) is 2.80. The zero-order chi connectivity index (χ0) is 18.0. The maximum absolute atomic E-state index is 12.3. The van der Waals surface area contributed by atoms with E-state index in [0.717, 1.165) is 5.69 Å². The lowest BCUT2D eigenvalue weighted by molar-refractivity contribution is -0.116. The van der Waals surface area contributed by atoms with Crippen LogP contribution < -0.4 is 25.2 Å². The van der Waals surface area contributed by atoms with Gasteiger partial charge in [0.2, 0.25) is 22.7 Å². The minimum atomic E-state index is -3.76. The Morgan fingerprint density at radius 3 is 2.40 bits per heavy atom. The molecule has 0 spiro atoms. The van der Waals surface area contributed by atoms with Gasteiger partial charge in [0.15, 0.2) is 11.5 Å². The second-order valence-corrected chi connectivity index (χ2v) is 7.05. The Balaban J connectivity index is 1.62. The average Bonchev–Trinajstić information content (AvgIpc) is 3.02. The quantitative estimate of drug-likeness (QED) is 0.740. The Bertz CT molecular complexity index is 896. The van der Waals surface area contributed by atoms with Crippen molar-refractivity contribution >= 4 is 27.3 Å². The number of anilines is 2. The van der Waals surface area contributed by atoms with Gasteiger partial charge in [-0.25, -0.2) is 13.6 Å². The van der Waals surface area contributed by atoms with Gasteiger partial charge in [0.25, 0.3) is 0 Å². The van der Waals surface area contributed by atoms with E-state index in [0.29, 0.717) is 17.2 Å². The summed E-state index contributed by atoms with van der Waals surface area (Å²) in [6.45, 7) is 1.89. The molecule has 9 heteroatoms. The van der Waals surface area contributed by atoms with Gasteiger partial charge in [0.1, 0.15) is 6.04 Å². The van der Waals surface area contributed by atoms with Crippen molar-refractivity contribution in [2.45, 2.75) is 17.9 Å². The molecule has 0 aliphatic carbocycles. The average molecular weight is 363 g/mol. The van der Waals surface area contributed by atoms with Gasteiger partial charge in [-0.15, -0.1) is 0 Å². The molecule has 0 unspecified atom stereocenters. The highest BCUT2D eigenvalue weighted by Gasteiger charge is 2.17. The lowest BCUT2D eigenvalue weighted by Gasteiger charge is -2.15. The Morgan fingerprint density at radius 1 is 1.08 bits per heavy atom. The highest BCUT2D eigenvalue weighted by molar-refractivity contribution is 7.89. The van der Waals surface area contributed by atoms with Crippen molar-refractivity contribution in [1.82, 2.24) is 0 Å². The Hall–Kier alpha value is -2.78. The molecule has 4 N–H and O–H groups in total. The predicted molar refractivity (Wildman–Crippen MR) is 92.1 cm³/mol. The maximum atomic E-state index is 12.3. The molecule has 3 rings (SSSR count). The number of nitrogens with two attached hydrogens (primary N) is 1. The third-order valence-electron chi connectivity index (χ3n) is 3.60. The van der Waals surface area contributed by atoms with Crippen LogP contribution in [0.2, 0.25) is 0 Å². The molecule has 2 aromatic rings. The Kier molecular flexibility index (Phi) is 4.51. The zero-order valence-electron chi connectivity index (χ0n) is 13.4. The standard InChI is InChI=1S/C16H17N3O5S/c1-10(18-12-4-7-14-15(8-12)24-9-23-14)16(20)19-11-2-5-13(6-3-11)25(17,21)22/h2-8,10,18H,9H2,1H3,(H,19,20)(H2,17,21,22)/t10-/m0/s1. The number of amides is 1. The van der Waals surface area contributed by atoms with E-state index in [4.69, 9.17) is 14.6 Å². The molecule has 1 aliphatic rings. The summed E-state index contributed by atoms with van der Waals surface area (Å²) < 4.78 is 33.0. The van der Waals surface area contributed by atoms with Crippen LogP contribution in [0.4, 0.5) is 11.4 Å². The van der Waals surface area contributed by atoms with Crippen molar-refractivity contribution in [2.24, 2.45) is 5.14 Å². The summed E-state index contributed by atoms with van der Waals surface area (Å²) in [4.78, 5) is 12.2. The first-order valence-electron chi connectivity index (χ1n) is 7.43. The minimum Gasteiger partial charge on any atom is -0.454 e. The molecule has 1 amide bonds. The first-order chi connectivity index (χ1) is 11.8. The van der Waals surface area contributed by atoms with Gasteiger partial charge in [0, 0.05) is 17.4 Å². The van der Waals surface area contributed by atoms with Crippen LogP contribution in [-0.4, -0.2) is 27.2 Å². The number of benzene rings is 2. The predicted octanol–water partition coefficient (Wildman–Crippen LogP) is 1.50. The van der Waals surface area contributed by atoms with Crippen molar-refractivity contribution in [3.05, 3.63) is 42.5 Å². The summed E-state index contributed by atoms with van der Waals surface area (Å²) in [5.41, 5.74) is 1.19. The Labute approximate surface area is 145 Å². The molecule has 2 aromatic carbocycles. The summed E-state index contributed by atoms with van der Waals surface area (Å²) in [7, 11) is -3.76. The van der Waals surface area contributed by atoms with E-state index in [9.17, 15) is 13.2 Å². The third-order valence-corrected chi connectivity index (χ3v) is 4.53. The molecule has 0 aromatic heterocycles. The van der Waals surface area contributed by atoms with Gasteiger partial charge in [-0.2, -0.15) is 0 Å². The van der Waals surface area contributed by atoms with Crippen LogP contribution in [0, 0.1) is 0 Å². The SMILES string of the molecule is C[C@H](Nc1ccc2c(c1)OCO2)C(=O)Nc1ccc(S(N)(=O)=O)cc1. The van der Waals surface area contributed by atoms with Crippen molar-refractivity contribution < 1.29 is 22.7 Å². The van der Waals surface area contributed by atoms with Gasteiger partial charge >= 0.3 is 0 Å². The number of ether oxygens (including phenoxy) is 2. The summed E-state index contributed by atoms with van der Waals surface area (Å²) in [6, 6.07) is 10.4. The van der Waals surface area contributed by atoms with Gasteiger partial charge in [-0.1, -0.05) is 0 Å². The molecular formula is C16H17N3O5S. The van der Waals surface area contributed by atoms with Gasteiger partial charge in [-0.3, -0.25) is 4.79 Å². The van der Waals surface area contributed by atoms with Crippen LogP contribution >= 0.6 is 0 Å². The number of hydrogen-bond donors (Lipinski definition) is 3. The lowest BCUT2D eigenvalue weighted by Crippen LogP contribution is -2.31. The van der Waals surface area contributed by atoms with Crippen LogP contribution in [0.1, 0.15) is 6.92 Å². The molecule has 0 fully saturated rings. The van der Waals surface area contributed by atoms with E-state index in [2.05, 4.69) is 10.6 Å². The second kappa shape index (κ2) is 6.61. The highest BCUT2D eigenvalue weighted by atomic mass is 32.2. The number of fused-ring (bicyclic) bond motifs is 1. The maximum Gasteiger partial charge on any atom is 0.246 e. The van der Waals surface area contributed by atoms with Crippen LogP contribution in [0.15, 0.2) is 47.4 Å². The number of rotatable bonds is 5. The molecule has 25 heavy (non-hydrogen) atoms. The van der Waals surface area contributed by atoms with E-state index < -0.39 is 16.1 Å². The number of hydrogen-bond acceptors (Lipinski definition) is 6. The van der Waals surface area contributed by atoms with Crippen LogP contribution in [0.3, 0.4) is 0 Å². The third kappa shape index (κ3) is 4.01. The largest absolute Gasteiger partial charge is 0.454 e. The van der Waals surface area contributed by atoms with Crippen molar-refractivity contribution in [1.29, 1.82) is 0 Å². The zero-order valence-corrected chi connectivity index (χ0v) is 14.2. The molecule has 1 aliphatic heterocycles. The van der Waals surface area contributed by atoms with E-state index >= 15 is 0 Å². The van der Waals surface area contributed by atoms with Gasteiger partial charge in [0.05, 0.1) is 4.90 Å². The molecule has 1 atom stereocenters. The number of nitrogens with one attached hydrogen (secondary N) is 2. The van der Waals surface area contributed by atoms with E-state index in [-0.39, 0.29) is 17.6 Å². The topological polar surface area (TPSA) is 120 Å². The van der Waals surface area contributed by atoms with Crippen LogP contribution in [0.25, 0.3) is 0 Å². The van der Waals surface area contributed by atoms with E-state index in [1.807, 2.05) is 0 Å². The number of carbonyl (C=O) groups is 1. The summed E-state index contributed by atoms with van der Waals surface area (Å²) in [5.74, 6) is 1.01. The molecule has 1 heterocycles. The van der Waals surface area contributed by atoms with Crippen LogP contribution in [0.5, 0.6) is 11.5 Å². The first-order valence-corrected chi connectivity index (χ1v) is 8.97. The van der Waals surface area contributed by atoms with Gasteiger partial charge < -0.3 is 20.1 Å². The fraction of sp³-hybridized carbons (Fsp3) is 0.188. The Morgan fingerprint density at radius 2 is 1.72 bits per heavy atom. The first kappa shape index (κ1) is 17.1. The second-order valence-electron chi connectivity index (χ2n) is 5.49. The van der Waals surface area contributed by atoms with E-state index in [1.165, 1.54) is 24.3 Å². The number of primary sulfonamides is 1. The molecule has 132 valence electrons. The summed E-state index contributed by atoms with van der Waals surface area (Å²) in [6.07, 6.45) is 0. The van der Waals surface area contributed by atoms with Gasteiger partial charge in [-0.05, 0) is 43.3 Å². The molecule has 0 bridgehead atoms. The summed E-state index contributed by atoms with van der Waals surface area (Å²) in [5, 5.41) is 10.8. The summed E-state index contributed by atoms with van der Waals surface area (Å²) >= 11 is 0. The molecule has 8 nitrogen and oxygen atoms in total. The monoisotopic (exact) mass is 363 g/mol. The minimum absolute atomic E-state index is 0.0166. The molecule has 0 saturated carbocycles. The molecular weight excluding hydrogens is 346 g/mol. The van der Waals surface area contributed by atoms with Crippen molar-refractivity contribution in [3.63, 3.8) is 0 Å². The number of sulfonamides is 1. The fourth-order valence-electron chi connectivity index (χ4n) is 2.28. The number of carbonyl (C=O) groups excluding carboxylic acids is 1. The van der Waals surface area contributed by atoms with Crippen molar-refractivity contribution in [2.75, 3.05) is 17.4 Å². The normalized spacial score (nSPS) is 14.0. The molecule has 0 saturated heterocycles. The van der Waals surface area contributed by atoms with Crippen LogP contribution in [-0.2, 0) is 14.8 Å². The highest BCUT2D eigenvalue weighted by Crippen LogP contribution is 2.34. The smallest absolute Gasteiger partial charge is 0.246 e. The lowest BCUT2D eigenvalue weighted by atomic mass is 10.2. The molecule has 0 radical (unpaired) electrons. The van der Waals surface area contributed by atoms with Crippen molar-refractivity contribution in [3.8, 4) is 11.5 Å².